The first-order valence-electron chi connectivity index (χ1n) is 11.1. The standard InChI is InChI=1S/C23H33FN4O/c1-15-8-17(24)9-20-22(15)26-21(25-20)14-27-12-18-4-5-19(13-27)28(18)11-16-6-7-29-23(2,3)10-16/h8-9,16,18-19H,4-7,10-14H2,1-3H3,(H,25,26). The quantitative estimate of drug-likeness (QED) is 0.846. The van der Waals surface area contributed by atoms with Crippen LogP contribution < -0.4 is 0 Å². The number of fused-ring (bicyclic) bond motifs is 3. The highest BCUT2D eigenvalue weighted by molar-refractivity contribution is 5.78. The number of halogens is 1. The molecule has 5 rings (SSSR count). The molecule has 3 aliphatic rings. The molecule has 1 aromatic heterocycles. The van der Waals surface area contributed by atoms with Crippen LogP contribution in [0.25, 0.3) is 11.0 Å². The molecule has 3 saturated heterocycles. The third-order valence-corrected chi connectivity index (χ3v) is 7.14. The minimum Gasteiger partial charge on any atom is -0.376 e. The summed E-state index contributed by atoms with van der Waals surface area (Å²) < 4.78 is 19.6. The van der Waals surface area contributed by atoms with Crippen molar-refractivity contribution in [2.24, 2.45) is 5.92 Å². The van der Waals surface area contributed by atoms with Gasteiger partial charge in [0.2, 0.25) is 0 Å². The molecule has 1 aromatic carbocycles. The zero-order chi connectivity index (χ0) is 20.2. The van der Waals surface area contributed by atoms with Crippen LogP contribution in [0.5, 0.6) is 0 Å². The number of likely N-dealkylation sites (tertiary alicyclic amines) is 1. The topological polar surface area (TPSA) is 44.4 Å². The van der Waals surface area contributed by atoms with Crippen LogP contribution in [-0.4, -0.2) is 63.7 Å². The Morgan fingerprint density at radius 3 is 2.69 bits per heavy atom. The Labute approximate surface area is 172 Å². The highest BCUT2D eigenvalue weighted by atomic mass is 19.1. The summed E-state index contributed by atoms with van der Waals surface area (Å²) in [6.45, 7) is 11.5. The Morgan fingerprint density at radius 1 is 1.21 bits per heavy atom. The average molecular weight is 401 g/mol. The summed E-state index contributed by atoms with van der Waals surface area (Å²) in [6.07, 6.45) is 4.97. The summed E-state index contributed by atoms with van der Waals surface area (Å²) in [5.74, 6) is 1.50. The van der Waals surface area contributed by atoms with Gasteiger partial charge in [-0.2, -0.15) is 0 Å². The van der Waals surface area contributed by atoms with Crippen LogP contribution in [0.3, 0.4) is 0 Å². The highest BCUT2D eigenvalue weighted by Crippen LogP contribution is 2.35. The molecule has 3 aliphatic heterocycles. The van der Waals surface area contributed by atoms with Gasteiger partial charge < -0.3 is 9.72 Å². The fourth-order valence-corrected chi connectivity index (χ4v) is 5.90. The lowest BCUT2D eigenvalue weighted by Crippen LogP contribution is -2.55. The molecule has 4 heterocycles. The van der Waals surface area contributed by atoms with E-state index in [0.29, 0.717) is 12.1 Å². The van der Waals surface area contributed by atoms with Gasteiger partial charge in [-0.3, -0.25) is 9.80 Å². The number of hydrogen-bond donors (Lipinski definition) is 1. The molecule has 2 aromatic rings. The second kappa shape index (κ2) is 7.33. The first-order chi connectivity index (χ1) is 13.9. The van der Waals surface area contributed by atoms with Crippen molar-refractivity contribution in [1.29, 1.82) is 0 Å². The normalized spacial score (nSPS) is 30.3. The molecule has 158 valence electrons. The zero-order valence-corrected chi connectivity index (χ0v) is 17.9. The third-order valence-electron chi connectivity index (χ3n) is 7.14. The number of benzene rings is 1. The number of nitrogens with one attached hydrogen (secondary N) is 1. The number of aromatic amines is 1. The smallest absolute Gasteiger partial charge is 0.125 e. The number of H-pyrrole nitrogens is 1. The van der Waals surface area contributed by atoms with Crippen LogP contribution in [0.2, 0.25) is 0 Å². The predicted octanol–water partition coefficient (Wildman–Crippen LogP) is 3.86. The summed E-state index contributed by atoms with van der Waals surface area (Å²) >= 11 is 0. The second-order valence-corrected chi connectivity index (χ2v) is 10.0. The van der Waals surface area contributed by atoms with Crippen molar-refractivity contribution in [2.75, 3.05) is 26.2 Å². The van der Waals surface area contributed by atoms with Crippen molar-refractivity contribution in [1.82, 2.24) is 19.8 Å². The lowest BCUT2D eigenvalue weighted by molar-refractivity contribution is -0.0818. The van der Waals surface area contributed by atoms with E-state index in [2.05, 4.69) is 28.6 Å². The Hall–Kier alpha value is -1.50. The van der Waals surface area contributed by atoms with Crippen LogP contribution in [-0.2, 0) is 11.3 Å². The second-order valence-electron chi connectivity index (χ2n) is 10.0. The molecule has 3 unspecified atom stereocenters. The van der Waals surface area contributed by atoms with E-state index in [9.17, 15) is 4.39 Å². The summed E-state index contributed by atoms with van der Waals surface area (Å²) in [5, 5.41) is 0. The third kappa shape index (κ3) is 3.94. The summed E-state index contributed by atoms with van der Waals surface area (Å²) in [5.41, 5.74) is 2.63. The van der Waals surface area contributed by atoms with Gasteiger partial charge in [-0.15, -0.1) is 0 Å². The van der Waals surface area contributed by atoms with E-state index < -0.39 is 0 Å². The molecule has 5 nitrogen and oxygen atoms in total. The largest absolute Gasteiger partial charge is 0.376 e. The lowest BCUT2D eigenvalue weighted by atomic mass is 9.87. The summed E-state index contributed by atoms with van der Waals surface area (Å²) in [6, 6.07) is 4.42. The molecular formula is C23H33FN4O. The molecular weight excluding hydrogens is 367 g/mol. The van der Waals surface area contributed by atoms with Gasteiger partial charge in [-0.05, 0) is 70.1 Å². The van der Waals surface area contributed by atoms with Crippen LogP contribution in [0.1, 0.15) is 50.9 Å². The molecule has 0 radical (unpaired) electrons. The first-order valence-corrected chi connectivity index (χ1v) is 11.1. The molecule has 6 heteroatoms. The Balaban J connectivity index is 1.24. The van der Waals surface area contributed by atoms with Crippen molar-refractivity contribution in [3.05, 3.63) is 29.3 Å². The van der Waals surface area contributed by atoms with E-state index >= 15 is 0 Å². The maximum atomic E-state index is 13.7. The van der Waals surface area contributed by atoms with Gasteiger partial charge in [0.15, 0.2) is 0 Å². The minimum absolute atomic E-state index is 0.0304. The predicted molar refractivity (Wildman–Crippen MR) is 112 cm³/mol. The van der Waals surface area contributed by atoms with Crippen molar-refractivity contribution < 1.29 is 9.13 Å². The Morgan fingerprint density at radius 2 is 1.97 bits per heavy atom. The molecule has 3 atom stereocenters. The Kier molecular flexibility index (Phi) is 4.92. The zero-order valence-electron chi connectivity index (χ0n) is 17.9. The lowest BCUT2D eigenvalue weighted by Gasteiger charge is -2.44. The molecule has 29 heavy (non-hydrogen) atoms. The van der Waals surface area contributed by atoms with Gasteiger partial charge in [-0.1, -0.05) is 0 Å². The van der Waals surface area contributed by atoms with E-state index in [-0.39, 0.29) is 11.4 Å². The maximum absolute atomic E-state index is 13.7. The molecule has 0 aliphatic carbocycles. The van der Waals surface area contributed by atoms with E-state index in [0.717, 1.165) is 54.6 Å². The molecule has 0 saturated carbocycles. The number of imidazole rings is 1. The van der Waals surface area contributed by atoms with Gasteiger partial charge >= 0.3 is 0 Å². The van der Waals surface area contributed by atoms with E-state index in [4.69, 9.17) is 9.72 Å². The van der Waals surface area contributed by atoms with Gasteiger partial charge in [0.05, 0.1) is 23.2 Å². The average Bonchev–Trinajstić information content (AvgIpc) is 3.12. The number of rotatable bonds is 4. The maximum Gasteiger partial charge on any atom is 0.125 e. The highest BCUT2D eigenvalue weighted by Gasteiger charge is 2.41. The van der Waals surface area contributed by atoms with Gasteiger partial charge in [0.1, 0.15) is 11.6 Å². The summed E-state index contributed by atoms with van der Waals surface area (Å²) in [4.78, 5) is 13.4. The number of ether oxygens (including phenoxy) is 1. The molecule has 0 spiro atoms. The van der Waals surface area contributed by atoms with Gasteiger partial charge in [-0.25, -0.2) is 9.37 Å². The van der Waals surface area contributed by atoms with Crippen LogP contribution in [0.15, 0.2) is 12.1 Å². The molecule has 0 amide bonds. The first kappa shape index (κ1) is 19.5. The molecule has 3 fully saturated rings. The Bertz CT molecular complexity index is 880. The van der Waals surface area contributed by atoms with Crippen molar-refractivity contribution in [3.63, 3.8) is 0 Å². The van der Waals surface area contributed by atoms with Crippen LogP contribution >= 0.6 is 0 Å². The fourth-order valence-electron chi connectivity index (χ4n) is 5.90. The number of nitrogens with zero attached hydrogens (tertiary/aromatic N) is 3. The molecule has 2 bridgehead atoms. The fraction of sp³-hybridized carbons (Fsp3) is 0.696. The number of piperazine rings is 1. The van der Waals surface area contributed by atoms with Crippen LogP contribution in [0.4, 0.5) is 4.39 Å². The van der Waals surface area contributed by atoms with Gasteiger partial charge in [0, 0.05) is 38.3 Å². The number of aromatic nitrogens is 2. The van der Waals surface area contributed by atoms with E-state index in [1.54, 1.807) is 12.1 Å². The molecule has 1 N–H and O–H groups in total. The number of aryl methyl sites for hydroxylation is 1. The van der Waals surface area contributed by atoms with Crippen molar-refractivity contribution >= 4 is 11.0 Å². The number of hydrogen-bond acceptors (Lipinski definition) is 4. The van der Waals surface area contributed by atoms with Gasteiger partial charge in [0.25, 0.3) is 0 Å². The minimum atomic E-state index is -0.201. The van der Waals surface area contributed by atoms with E-state index in [1.165, 1.54) is 32.2 Å². The summed E-state index contributed by atoms with van der Waals surface area (Å²) in [7, 11) is 0. The van der Waals surface area contributed by atoms with Crippen molar-refractivity contribution in [2.45, 2.75) is 70.7 Å². The van der Waals surface area contributed by atoms with E-state index in [1.807, 2.05) is 6.92 Å². The van der Waals surface area contributed by atoms with Crippen LogP contribution in [0, 0.1) is 18.7 Å². The van der Waals surface area contributed by atoms with Crippen molar-refractivity contribution in [3.8, 4) is 0 Å². The SMILES string of the molecule is Cc1cc(F)cc2[nH]c(CN3CC4CCC(C3)N4CC3CCOC(C)(C)C3)nc12. The monoisotopic (exact) mass is 400 g/mol.